The molecule has 1 amide bonds. The van der Waals surface area contributed by atoms with E-state index in [0.717, 1.165) is 11.3 Å². The van der Waals surface area contributed by atoms with E-state index in [0.29, 0.717) is 11.1 Å². The monoisotopic (exact) mass is 406 g/mol. The second-order valence-electron chi connectivity index (χ2n) is 5.74. The van der Waals surface area contributed by atoms with Gasteiger partial charge in [0, 0.05) is 7.05 Å². The number of primary sulfonamides is 1. The Morgan fingerprint density at radius 2 is 1.81 bits per heavy atom. The maximum atomic E-state index is 12.7. The molecule has 1 heterocycles. The molecule has 3 aromatic rings. The number of benzene rings is 2. The number of carbonyl (C=O) groups is 1. The number of sulfonamides is 1. The Morgan fingerprint density at radius 3 is 2.37 bits per heavy atom. The van der Waals surface area contributed by atoms with Gasteiger partial charge < -0.3 is 0 Å². The van der Waals surface area contributed by atoms with Crippen LogP contribution in [0.3, 0.4) is 0 Å². The summed E-state index contributed by atoms with van der Waals surface area (Å²) in [4.78, 5) is 18.0. The first-order valence-corrected chi connectivity index (χ1v) is 10.1. The van der Waals surface area contributed by atoms with Gasteiger partial charge in [-0.05, 0) is 23.6 Å². The van der Waals surface area contributed by atoms with E-state index in [1.807, 2.05) is 0 Å². The van der Waals surface area contributed by atoms with E-state index in [2.05, 4.69) is 4.98 Å². The lowest BCUT2D eigenvalue weighted by molar-refractivity contribution is -0.117. The maximum absolute atomic E-state index is 12.7. The van der Waals surface area contributed by atoms with Gasteiger partial charge in [-0.15, -0.1) is 0 Å². The molecule has 0 bridgehead atoms. The van der Waals surface area contributed by atoms with Gasteiger partial charge in [-0.25, -0.2) is 18.5 Å². The highest BCUT2D eigenvalue weighted by Crippen LogP contribution is 2.28. The third kappa shape index (κ3) is 4.41. The topological polar surface area (TPSA) is 93.4 Å². The second kappa shape index (κ2) is 7.59. The third-order valence-electron chi connectivity index (χ3n) is 3.76. The average molecular weight is 407 g/mol. The van der Waals surface area contributed by atoms with Gasteiger partial charge in [0.1, 0.15) is 0 Å². The molecule has 0 unspecified atom stereocenters. The summed E-state index contributed by atoms with van der Waals surface area (Å²) >= 11 is 0.809. The predicted octanol–water partition coefficient (Wildman–Crippen LogP) is 2.97. The van der Waals surface area contributed by atoms with Crippen LogP contribution in [0.2, 0.25) is 0 Å². The SMILES string of the molecule is [2H]c1c([2H])c([2H])c(-c2ccc(CC(=O)N(C)c3nc(C)c(S(N)(=O)=O)s3)cc2)c([2H])c1[2H]. The molecule has 6 nitrogen and oxygen atoms in total. The Bertz CT molecular complexity index is 1300. The van der Waals surface area contributed by atoms with Crippen LogP contribution in [0.1, 0.15) is 18.1 Å². The normalized spacial score (nSPS) is 14.0. The molecular formula is C19H19N3O3S2. The summed E-state index contributed by atoms with van der Waals surface area (Å²) in [6.07, 6.45) is -0.0133. The molecule has 140 valence electrons. The summed E-state index contributed by atoms with van der Waals surface area (Å²) in [5.74, 6) is -0.338. The van der Waals surface area contributed by atoms with Crippen molar-refractivity contribution in [3.8, 4) is 11.1 Å². The van der Waals surface area contributed by atoms with E-state index in [1.165, 1.54) is 18.9 Å². The van der Waals surface area contributed by atoms with Gasteiger partial charge >= 0.3 is 0 Å². The zero-order valence-corrected chi connectivity index (χ0v) is 16.2. The van der Waals surface area contributed by atoms with Crippen LogP contribution in [-0.2, 0) is 21.2 Å². The predicted molar refractivity (Wildman–Crippen MR) is 107 cm³/mol. The molecule has 0 radical (unpaired) electrons. The fraction of sp³-hybridized carbons (Fsp3) is 0.158. The van der Waals surface area contributed by atoms with Crippen LogP contribution in [0.15, 0.2) is 58.7 Å². The molecule has 1 aromatic heterocycles. The molecule has 0 fully saturated rings. The summed E-state index contributed by atoms with van der Waals surface area (Å²) < 4.78 is 62.5. The van der Waals surface area contributed by atoms with Gasteiger partial charge in [-0.2, -0.15) is 0 Å². The van der Waals surface area contributed by atoms with Crippen molar-refractivity contribution in [3.63, 3.8) is 0 Å². The second-order valence-corrected chi connectivity index (χ2v) is 8.47. The van der Waals surface area contributed by atoms with Gasteiger partial charge in [0.25, 0.3) is 0 Å². The molecular weight excluding hydrogens is 382 g/mol. The van der Waals surface area contributed by atoms with Crippen molar-refractivity contribution in [1.82, 2.24) is 4.98 Å². The average Bonchev–Trinajstić information content (AvgIpc) is 3.13. The highest BCUT2D eigenvalue weighted by Gasteiger charge is 2.22. The number of nitrogens with zero attached hydrogens (tertiary/aromatic N) is 2. The lowest BCUT2D eigenvalue weighted by atomic mass is 10.0. The van der Waals surface area contributed by atoms with Crippen LogP contribution in [0.5, 0.6) is 0 Å². The van der Waals surface area contributed by atoms with Crippen LogP contribution < -0.4 is 10.0 Å². The fourth-order valence-electron chi connectivity index (χ4n) is 2.36. The van der Waals surface area contributed by atoms with Gasteiger partial charge in [0.2, 0.25) is 15.9 Å². The van der Waals surface area contributed by atoms with Crippen molar-refractivity contribution >= 4 is 32.4 Å². The minimum atomic E-state index is -3.93. The summed E-state index contributed by atoms with van der Waals surface area (Å²) in [6.45, 7) is 1.50. The number of nitrogens with two attached hydrogens (primary N) is 1. The highest BCUT2D eigenvalue weighted by atomic mass is 32.2. The van der Waals surface area contributed by atoms with Gasteiger partial charge in [0.15, 0.2) is 9.34 Å². The van der Waals surface area contributed by atoms with E-state index in [1.54, 1.807) is 24.3 Å². The van der Waals surface area contributed by atoms with Crippen molar-refractivity contribution in [1.29, 1.82) is 0 Å². The van der Waals surface area contributed by atoms with E-state index < -0.39 is 28.2 Å². The van der Waals surface area contributed by atoms with E-state index in [-0.39, 0.29) is 45.0 Å². The highest BCUT2D eigenvalue weighted by molar-refractivity contribution is 7.91. The standard InChI is InChI=1S/C19H19N3O3S2/c1-13-18(27(20,24)25)26-19(21-13)22(2)17(23)12-14-8-10-16(11-9-14)15-6-4-3-5-7-15/h3-11H,12H2,1-2H3,(H2,20,24,25)/i3D,4D,5D,6D,7D. The Hall–Kier alpha value is -2.55. The first-order valence-electron chi connectivity index (χ1n) is 10.3. The Morgan fingerprint density at radius 1 is 1.19 bits per heavy atom. The van der Waals surface area contributed by atoms with Crippen LogP contribution in [0.4, 0.5) is 5.13 Å². The number of aromatic nitrogens is 1. The molecule has 0 saturated carbocycles. The lowest BCUT2D eigenvalue weighted by Gasteiger charge is -2.14. The molecule has 0 spiro atoms. The molecule has 0 saturated heterocycles. The first kappa shape index (κ1) is 13.6. The van der Waals surface area contributed by atoms with Gasteiger partial charge in [-0.3, -0.25) is 9.69 Å². The number of amides is 1. The number of likely N-dealkylation sites (N-methyl/N-ethyl adjacent to an activating group) is 1. The lowest BCUT2D eigenvalue weighted by Crippen LogP contribution is -2.27. The van der Waals surface area contributed by atoms with Crippen molar-refractivity contribution in [2.24, 2.45) is 5.14 Å². The fourth-order valence-corrected chi connectivity index (χ4v) is 4.29. The summed E-state index contributed by atoms with van der Waals surface area (Å²) in [7, 11) is -2.45. The quantitative estimate of drug-likeness (QED) is 0.705. The molecule has 27 heavy (non-hydrogen) atoms. The molecule has 0 atom stereocenters. The Balaban J connectivity index is 1.83. The van der Waals surface area contributed by atoms with E-state index >= 15 is 0 Å². The van der Waals surface area contributed by atoms with Crippen LogP contribution in [-0.4, -0.2) is 26.4 Å². The minimum absolute atomic E-state index is 0.0133. The summed E-state index contributed by atoms with van der Waals surface area (Å²) in [5.41, 5.74) is 1.35. The van der Waals surface area contributed by atoms with Crippen LogP contribution >= 0.6 is 11.3 Å². The number of thiazole rings is 1. The number of rotatable bonds is 5. The van der Waals surface area contributed by atoms with Crippen molar-refractivity contribution < 1.29 is 20.1 Å². The zero-order valence-electron chi connectivity index (χ0n) is 19.5. The smallest absolute Gasteiger partial charge is 0.249 e. The number of carbonyl (C=O) groups excluding carboxylic acids is 1. The van der Waals surface area contributed by atoms with Crippen molar-refractivity contribution in [2.45, 2.75) is 17.6 Å². The Labute approximate surface area is 169 Å². The van der Waals surface area contributed by atoms with Crippen molar-refractivity contribution in [3.05, 3.63) is 65.7 Å². The Kier molecular flexibility index (Phi) is 3.82. The number of hydrogen-bond donors (Lipinski definition) is 1. The molecule has 0 aliphatic heterocycles. The molecule has 2 N–H and O–H groups in total. The number of anilines is 1. The largest absolute Gasteiger partial charge is 0.291 e. The first-order chi connectivity index (χ1) is 14.8. The number of hydrogen-bond acceptors (Lipinski definition) is 5. The third-order valence-corrected chi connectivity index (χ3v) is 6.55. The molecule has 0 aliphatic rings. The summed E-state index contributed by atoms with van der Waals surface area (Å²) in [6, 6.07) is 4.53. The van der Waals surface area contributed by atoms with Gasteiger partial charge in [0.05, 0.1) is 19.0 Å². The molecule has 2 aromatic carbocycles. The number of aryl methyl sites for hydroxylation is 1. The zero-order chi connectivity index (χ0) is 24.0. The van der Waals surface area contributed by atoms with E-state index in [4.69, 9.17) is 12.0 Å². The maximum Gasteiger partial charge on any atom is 0.249 e. The molecule has 3 rings (SSSR count). The van der Waals surface area contributed by atoms with Crippen LogP contribution in [0, 0.1) is 6.92 Å². The summed E-state index contributed by atoms with van der Waals surface area (Å²) in [5, 5.41) is 5.36. The molecule has 8 heteroatoms. The van der Waals surface area contributed by atoms with Gasteiger partial charge in [-0.1, -0.05) is 65.8 Å². The minimum Gasteiger partial charge on any atom is -0.291 e. The van der Waals surface area contributed by atoms with E-state index in [9.17, 15) is 13.2 Å². The van der Waals surface area contributed by atoms with Crippen LogP contribution in [0.25, 0.3) is 11.1 Å². The molecule has 0 aliphatic carbocycles. The van der Waals surface area contributed by atoms with Crippen molar-refractivity contribution in [2.75, 3.05) is 11.9 Å².